The van der Waals surface area contributed by atoms with E-state index < -0.39 is 0 Å². The maximum atomic E-state index is 2.46. The van der Waals surface area contributed by atoms with Crippen molar-refractivity contribution in [2.75, 3.05) is 0 Å². The Labute approximate surface area is 69.7 Å². The Morgan fingerprint density at radius 1 is 0.818 bits per heavy atom. The highest BCUT2D eigenvalue weighted by Crippen LogP contribution is 2.33. The van der Waals surface area contributed by atoms with E-state index in [0.29, 0.717) is 0 Å². The summed E-state index contributed by atoms with van der Waals surface area (Å²) < 4.78 is 0. The van der Waals surface area contributed by atoms with Crippen LogP contribution in [0.5, 0.6) is 0 Å². The highest BCUT2D eigenvalue weighted by molar-refractivity contribution is 5.21. The summed E-state index contributed by atoms with van der Waals surface area (Å²) in [5.74, 6) is 0. The molecule has 0 heteroatoms. The van der Waals surface area contributed by atoms with Gasteiger partial charge >= 0.3 is 0 Å². The molecule has 0 spiro atoms. The van der Waals surface area contributed by atoms with Crippen molar-refractivity contribution >= 4 is 0 Å². The summed E-state index contributed by atoms with van der Waals surface area (Å²) in [5, 5.41) is 0. The van der Waals surface area contributed by atoms with Crippen molar-refractivity contribution in [3.8, 4) is 0 Å². The lowest BCUT2D eigenvalue weighted by atomic mass is 9.89. The lowest BCUT2D eigenvalue weighted by Crippen LogP contribution is -1.98. The third-order valence-corrected chi connectivity index (χ3v) is 3.00. The maximum absolute atomic E-state index is 2.46. The molecule has 61 valence electrons. The van der Waals surface area contributed by atoms with Gasteiger partial charge in [0.15, 0.2) is 0 Å². The number of hydrogen-bond acceptors (Lipinski definition) is 0. The molecule has 0 bridgehead atoms. The smallest absolute Gasteiger partial charge is 0.0286 e. The van der Waals surface area contributed by atoms with Crippen molar-refractivity contribution < 1.29 is 0 Å². The van der Waals surface area contributed by atoms with Gasteiger partial charge < -0.3 is 0 Å². The highest BCUT2D eigenvalue weighted by atomic mass is 14.2. The second-order valence-electron chi connectivity index (χ2n) is 3.80. The Morgan fingerprint density at radius 3 is 2.55 bits per heavy atom. The zero-order valence-electron chi connectivity index (χ0n) is 7.23. The molecule has 0 saturated carbocycles. The summed E-state index contributed by atoms with van der Waals surface area (Å²) >= 11 is 0. The number of allylic oxidation sites excluding steroid dienone is 2. The van der Waals surface area contributed by atoms with Crippen molar-refractivity contribution in [1.82, 2.24) is 0 Å². The minimum atomic E-state index is 1.31. The number of rotatable bonds is 0. The van der Waals surface area contributed by atoms with Crippen LogP contribution in [0.4, 0.5) is 0 Å². The van der Waals surface area contributed by atoms with Crippen molar-refractivity contribution in [3.63, 3.8) is 0 Å². The molecule has 0 unspecified atom stereocenters. The minimum absolute atomic E-state index is 1.31. The third-order valence-electron chi connectivity index (χ3n) is 3.00. The Hall–Kier alpha value is -0.260. The maximum Gasteiger partial charge on any atom is -0.0286 e. The molecule has 11 heavy (non-hydrogen) atoms. The first-order valence-electron chi connectivity index (χ1n) is 4.98. The van der Waals surface area contributed by atoms with Crippen molar-refractivity contribution in [2.45, 2.75) is 51.4 Å². The standard InChI is InChI=1S/C11H17/c1-2-6-10-8-4-5-9-11(10)7-3-1/h4H,1-3,5-9H2. The average Bonchev–Trinajstić information content (AvgIpc) is 2.28. The normalized spacial score (nSPS) is 26.2. The quantitative estimate of drug-likeness (QED) is 0.461. The topological polar surface area (TPSA) is 0 Å². The summed E-state index contributed by atoms with van der Waals surface area (Å²) in [4.78, 5) is 0. The molecule has 0 atom stereocenters. The lowest BCUT2D eigenvalue weighted by molar-refractivity contribution is 0.702. The largest absolute Gasteiger partial charge is 0.0710 e. The SMILES string of the molecule is [CH]1CCC2=C(C1)CCCCC2. The van der Waals surface area contributed by atoms with Crippen LogP contribution in [0.3, 0.4) is 0 Å². The molecule has 0 aromatic rings. The molecule has 0 amide bonds. The van der Waals surface area contributed by atoms with Gasteiger partial charge in [0, 0.05) is 0 Å². The van der Waals surface area contributed by atoms with E-state index in [1.165, 1.54) is 51.4 Å². The second kappa shape index (κ2) is 3.42. The van der Waals surface area contributed by atoms with Crippen LogP contribution < -0.4 is 0 Å². The van der Waals surface area contributed by atoms with Gasteiger partial charge in [-0.2, -0.15) is 0 Å². The van der Waals surface area contributed by atoms with E-state index in [1.54, 1.807) is 5.57 Å². The van der Waals surface area contributed by atoms with Gasteiger partial charge in [0.25, 0.3) is 0 Å². The van der Waals surface area contributed by atoms with Crippen LogP contribution >= 0.6 is 0 Å². The summed E-state index contributed by atoms with van der Waals surface area (Å²) in [5.41, 5.74) is 3.62. The molecule has 0 aromatic carbocycles. The van der Waals surface area contributed by atoms with Crippen LogP contribution in [0.25, 0.3) is 0 Å². The Morgan fingerprint density at radius 2 is 1.64 bits per heavy atom. The van der Waals surface area contributed by atoms with Gasteiger partial charge in [0.1, 0.15) is 0 Å². The van der Waals surface area contributed by atoms with Crippen LogP contribution in [-0.4, -0.2) is 0 Å². The van der Waals surface area contributed by atoms with Crippen LogP contribution in [-0.2, 0) is 0 Å². The molecule has 1 radical (unpaired) electrons. The first-order valence-corrected chi connectivity index (χ1v) is 4.98. The fourth-order valence-electron chi connectivity index (χ4n) is 2.31. The molecule has 2 aliphatic carbocycles. The molecule has 2 rings (SSSR count). The Bertz CT molecular complexity index is 147. The van der Waals surface area contributed by atoms with E-state index in [4.69, 9.17) is 0 Å². The average molecular weight is 149 g/mol. The summed E-state index contributed by atoms with van der Waals surface area (Å²) in [6.07, 6.45) is 13.7. The molecule has 0 nitrogen and oxygen atoms in total. The second-order valence-corrected chi connectivity index (χ2v) is 3.80. The van der Waals surface area contributed by atoms with E-state index in [0.717, 1.165) is 0 Å². The van der Waals surface area contributed by atoms with Gasteiger partial charge in [-0.05, 0) is 51.4 Å². The van der Waals surface area contributed by atoms with Crippen LogP contribution in [0, 0.1) is 6.42 Å². The van der Waals surface area contributed by atoms with Crippen LogP contribution in [0.1, 0.15) is 51.4 Å². The van der Waals surface area contributed by atoms with Crippen LogP contribution in [0.2, 0.25) is 0 Å². The van der Waals surface area contributed by atoms with Crippen molar-refractivity contribution in [3.05, 3.63) is 17.6 Å². The van der Waals surface area contributed by atoms with E-state index in [2.05, 4.69) is 6.42 Å². The zero-order valence-corrected chi connectivity index (χ0v) is 7.23. The molecule has 0 saturated heterocycles. The first-order chi connectivity index (χ1) is 5.47. The van der Waals surface area contributed by atoms with E-state index in [9.17, 15) is 0 Å². The van der Waals surface area contributed by atoms with E-state index in [-0.39, 0.29) is 0 Å². The molecule has 0 fully saturated rings. The van der Waals surface area contributed by atoms with Gasteiger partial charge in [-0.15, -0.1) is 0 Å². The molecule has 0 heterocycles. The molecule has 0 aromatic heterocycles. The molecule has 0 N–H and O–H groups in total. The molecular weight excluding hydrogens is 132 g/mol. The predicted molar refractivity (Wildman–Crippen MR) is 48.3 cm³/mol. The fraction of sp³-hybridized carbons (Fsp3) is 0.727. The van der Waals surface area contributed by atoms with Crippen LogP contribution in [0.15, 0.2) is 11.1 Å². The van der Waals surface area contributed by atoms with Gasteiger partial charge in [0.05, 0.1) is 0 Å². The molecular formula is C11H17. The third kappa shape index (κ3) is 1.66. The summed E-state index contributed by atoms with van der Waals surface area (Å²) in [6, 6.07) is 0. The Kier molecular flexibility index (Phi) is 2.30. The van der Waals surface area contributed by atoms with Gasteiger partial charge in [-0.3, -0.25) is 0 Å². The van der Waals surface area contributed by atoms with E-state index in [1.807, 2.05) is 5.57 Å². The molecule has 2 aliphatic rings. The molecule has 0 aliphatic heterocycles. The van der Waals surface area contributed by atoms with Crippen molar-refractivity contribution in [2.24, 2.45) is 0 Å². The minimum Gasteiger partial charge on any atom is -0.0710 e. The Balaban J connectivity index is 2.10. The number of hydrogen-bond donors (Lipinski definition) is 0. The van der Waals surface area contributed by atoms with Gasteiger partial charge in [-0.1, -0.05) is 17.6 Å². The predicted octanol–water partition coefficient (Wildman–Crippen LogP) is 3.64. The van der Waals surface area contributed by atoms with Gasteiger partial charge in [0.2, 0.25) is 0 Å². The monoisotopic (exact) mass is 149 g/mol. The lowest BCUT2D eigenvalue weighted by Gasteiger charge is -2.17. The van der Waals surface area contributed by atoms with E-state index >= 15 is 0 Å². The first kappa shape index (κ1) is 7.39. The summed E-state index contributed by atoms with van der Waals surface area (Å²) in [7, 11) is 0. The highest BCUT2D eigenvalue weighted by Gasteiger charge is 2.14. The zero-order chi connectivity index (χ0) is 7.52. The summed E-state index contributed by atoms with van der Waals surface area (Å²) in [6.45, 7) is 0. The fourth-order valence-corrected chi connectivity index (χ4v) is 2.31. The van der Waals surface area contributed by atoms with Gasteiger partial charge in [-0.25, -0.2) is 0 Å². The van der Waals surface area contributed by atoms with Crippen molar-refractivity contribution in [1.29, 1.82) is 0 Å².